The molecule has 1 unspecified atom stereocenters. The number of ether oxygens (including phenoxy) is 1. The number of hydrogen-bond acceptors (Lipinski definition) is 3. The lowest BCUT2D eigenvalue weighted by Gasteiger charge is -2.18. The van der Waals surface area contributed by atoms with Gasteiger partial charge in [-0.05, 0) is 47.7 Å². The Morgan fingerprint density at radius 3 is 2.30 bits per heavy atom. The van der Waals surface area contributed by atoms with Crippen molar-refractivity contribution >= 4 is 35.6 Å². The van der Waals surface area contributed by atoms with E-state index in [1.165, 1.54) is 16.8 Å². The second kappa shape index (κ2) is 12.5. The highest BCUT2D eigenvalue weighted by molar-refractivity contribution is 14.0. The summed E-state index contributed by atoms with van der Waals surface area (Å²) in [6.07, 6.45) is 5.45. The molecule has 0 fully saturated rings. The van der Waals surface area contributed by atoms with Crippen LogP contribution in [-0.4, -0.2) is 39.8 Å². The summed E-state index contributed by atoms with van der Waals surface area (Å²) < 4.78 is 5.23. The predicted molar refractivity (Wildman–Crippen MR) is 137 cm³/mol. The van der Waals surface area contributed by atoms with E-state index in [0.29, 0.717) is 5.92 Å². The molecule has 3 rings (SSSR count). The maximum atomic E-state index is 5.23. The SMILES string of the molecule is CN=C(NCCC(C)c1ccc(OC)cc1)NCc1ccc(N2CC=CC2)cc1.I. The minimum Gasteiger partial charge on any atom is -0.497 e. The number of methoxy groups -OCH3 is 1. The number of guanidine groups is 1. The predicted octanol–water partition coefficient (Wildman–Crippen LogP) is 4.55. The van der Waals surface area contributed by atoms with Crippen LogP contribution in [0.3, 0.4) is 0 Å². The van der Waals surface area contributed by atoms with Crippen molar-refractivity contribution in [2.24, 2.45) is 4.99 Å². The first kappa shape index (κ1) is 24.1. The molecule has 1 aliphatic rings. The molecule has 2 aromatic rings. The van der Waals surface area contributed by atoms with Gasteiger partial charge in [-0.15, -0.1) is 24.0 Å². The van der Waals surface area contributed by atoms with Crippen LogP contribution in [0.1, 0.15) is 30.4 Å². The summed E-state index contributed by atoms with van der Waals surface area (Å²) in [6, 6.07) is 17.1. The second-order valence-electron chi connectivity index (χ2n) is 7.36. The average Bonchev–Trinajstić information content (AvgIpc) is 3.31. The van der Waals surface area contributed by atoms with E-state index in [9.17, 15) is 0 Å². The van der Waals surface area contributed by atoms with Crippen LogP contribution in [-0.2, 0) is 6.54 Å². The molecule has 0 saturated carbocycles. The van der Waals surface area contributed by atoms with Crippen molar-refractivity contribution in [3.8, 4) is 5.75 Å². The van der Waals surface area contributed by atoms with Crippen LogP contribution in [0.4, 0.5) is 5.69 Å². The van der Waals surface area contributed by atoms with Crippen LogP contribution in [0, 0.1) is 0 Å². The number of aliphatic imine (C=N–C) groups is 1. The van der Waals surface area contributed by atoms with Crippen molar-refractivity contribution in [2.45, 2.75) is 25.8 Å². The van der Waals surface area contributed by atoms with Crippen LogP contribution < -0.4 is 20.3 Å². The van der Waals surface area contributed by atoms with Crippen molar-refractivity contribution in [2.75, 3.05) is 38.7 Å². The second-order valence-corrected chi connectivity index (χ2v) is 7.36. The first-order valence-corrected chi connectivity index (χ1v) is 10.3. The van der Waals surface area contributed by atoms with Crippen molar-refractivity contribution in [1.82, 2.24) is 10.6 Å². The third-order valence-corrected chi connectivity index (χ3v) is 5.36. The first-order valence-electron chi connectivity index (χ1n) is 10.3. The Morgan fingerprint density at radius 1 is 1.03 bits per heavy atom. The highest BCUT2D eigenvalue weighted by Gasteiger charge is 2.08. The molecular formula is C24H33IN4O. The highest BCUT2D eigenvalue weighted by atomic mass is 127. The normalized spacial score (nSPS) is 14.2. The van der Waals surface area contributed by atoms with Gasteiger partial charge in [0.1, 0.15) is 5.75 Å². The summed E-state index contributed by atoms with van der Waals surface area (Å²) in [5.74, 6) is 2.20. The molecule has 0 bridgehead atoms. The summed E-state index contributed by atoms with van der Waals surface area (Å²) in [7, 11) is 3.51. The number of halogens is 1. The smallest absolute Gasteiger partial charge is 0.191 e. The van der Waals surface area contributed by atoms with Crippen molar-refractivity contribution in [3.63, 3.8) is 0 Å². The van der Waals surface area contributed by atoms with Gasteiger partial charge in [0.15, 0.2) is 5.96 Å². The van der Waals surface area contributed by atoms with E-state index >= 15 is 0 Å². The Balaban J connectivity index is 0.00000320. The van der Waals surface area contributed by atoms with Gasteiger partial charge in [-0.25, -0.2) is 0 Å². The zero-order chi connectivity index (χ0) is 20.5. The van der Waals surface area contributed by atoms with Gasteiger partial charge in [0.25, 0.3) is 0 Å². The summed E-state index contributed by atoms with van der Waals surface area (Å²) in [5.41, 5.74) is 3.84. The van der Waals surface area contributed by atoms with Crippen LogP contribution >= 0.6 is 24.0 Å². The molecule has 1 atom stereocenters. The van der Waals surface area contributed by atoms with Crippen LogP contribution in [0.15, 0.2) is 65.7 Å². The number of hydrogen-bond donors (Lipinski definition) is 2. The molecule has 0 saturated heterocycles. The largest absolute Gasteiger partial charge is 0.497 e. The number of nitrogens with one attached hydrogen (secondary N) is 2. The molecule has 1 aliphatic heterocycles. The van der Waals surface area contributed by atoms with Gasteiger partial charge in [-0.2, -0.15) is 0 Å². The Kier molecular flexibility index (Phi) is 10.00. The Hall–Kier alpha value is -2.22. The molecule has 0 amide bonds. The van der Waals surface area contributed by atoms with Gasteiger partial charge >= 0.3 is 0 Å². The molecule has 2 aromatic carbocycles. The van der Waals surface area contributed by atoms with Gasteiger partial charge in [0, 0.05) is 38.9 Å². The first-order chi connectivity index (χ1) is 14.2. The molecule has 0 aliphatic carbocycles. The van der Waals surface area contributed by atoms with E-state index in [2.05, 4.69) is 76.0 Å². The summed E-state index contributed by atoms with van der Waals surface area (Å²) in [4.78, 5) is 6.69. The Bertz CT molecular complexity index is 810. The monoisotopic (exact) mass is 520 g/mol. The van der Waals surface area contributed by atoms with Gasteiger partial charge in [0.2, 0.25) is 0 Å². The van der Waals surface area contributed by atoms with E-state index in [-0.39, 0.29) is 24.0 Å². The van der Waals surface area contributed by atoms with E-state index in [1.54, 1.807) is 7.11 Å². The maximum absolute atomic E-state index is 5.23. The fourth-order valence-corrected chi connectivity index (χ4v) is 3.43. The lowest BCUT2D eigenvalue weighted by atomic mass is 9.98. The van der Waals surface area contributed by atoms with E-state index in [0.717, 1.165) is 44.3 Å². The Labute approximate surface area is 197 Å². The summed E-state index contributed by atoms with van der Waals surface area (Å²) in [6.45, 7) is 5.88. The molecule has 2 N–H and O–H groups in total. The molecule has 6 heteroatoms. The average molecular weight is 520 g/mol. The minimum absolute atomic E-state index is 0. The number of anilines is 1. The molecule has 30 heavy (non-hydrogen) atoms. The molecule has 162 valence electrons. The fraction of sp³-hybridized carbons (Fsp3) is 0.375. The number of rotatable bonds is 8. The molecular weight excluding hydrogens is 487 g/mol. The van der Waals surface area contributed by atoms with Crippen LogP contribution in [0.25, 0.3) is 0 Å². The van der Waals surface area contributed by atoms with Crippen molar-refractivity contribution in [1.29, 1.82) is 0 Å². The molecule has 0 radical (unpaired) electrons. The highest BCUT2D eigenvalue weighted by Crippen LogP contribution is 2.21. The standard InChI is InChI=1S/C24H32N4O.HI/c1-19(21-8-12-23(29-3)13-9-21)14-15-26-24(25-2)27-18-20-6-10-22(11-7-20)28-16-4-5-17-28;/h4-13,19H,14-18H2,1-3H3,(H2,25,26,27);1H. The lowest BCUT2D eigenvalue weighted by Crippen LogP contribution is -2.37. The summed E-state index contributed by atoms with van der Waals surface area (Å²) in [5, 5.41) is 6.82. The number of benzene rings is 2. The van der Waals surface area contributed by atoms with E-state index in [1.807, 2.05) is 19.2 Å². The van der Waals surface area contributed by atoms with E-state index in [4.69, 9.17) is 4.74 Å². The van der Waals surface area contributed by atoms with Gasteiger partial charge in [-0.1, -0.05) is 43.3 Å². The van der Waals surface area contributed by atoms with Crippen molar-refractivity contribution < 1.29 is 4.74 Å². The minimum atomic E-state index is 0. The number of nitrogens with zero attached hydrogens (tertiary/aromatic N) is 2. The van der Waals surface area contributed by atoms with E-state index < -0.39 is 0 Å². The third-order valence-electron chi connectivity index (χ3n) is 5.36. The molecule has 0 spiro atoms. The molecule has 0 aromatic heterocycles. The van der Waals surface area contributed by atoms with Gasteiger partial charge in [0.05, 0.1) is 7.11 Å². The quantitative estimate of drug-likeness (QED) is 0.232. The van der Waals surface area contributed by atoms with Crippen LogP contribution in [0.5, 0.6) is 5.75 Å². The molecule has 5 nitrogen and oxygen atoms in total. The van der Waals surface area contributed by atoms with Gasteiger partial charge < -0.3 is 20.3 Å². The zero-order valence-corrected chi connectivity index (χ0v) is 20.4. The maximum Gasteiger partial charge on any atom is 0.191 e. The summed E-state index contributed by atoms with van der Waals surface area (Å²) >= 11 is 0. The fourth-order valence-electron chi connectivity index (χ4n) is 3.43. The third kappa shape index (κ3) is 6.93. The topological polar surface area (TPSA) is 48.9 Å². The zero-order valence-electron chi connectivity index (χ0n) is 18.1. The molecule has 1 heterocycles. The van der Waals surface area contributed by atoms with Gasteiger partial charge in [-0.3, -0.25) is 4.99 Å². The van der Waals surface area contributed by atoms with Crippen LogP contribution in [0.2, 0.25) is 0 Å². The Morgan fingerprint density at radius 2 is 1.70 bits per heavy atom. The lowest BCUT2D eigenvalue weighted by molar-refractivity contribution is 0.414. The van der Waals surface area contributed by atoms with Crippen molar-refractivity contribution in [3.05, 3.63) is 71.8 Å².